The smallest absolute Gasteiger partial charge is 0.325 e. The van der Waals surface area contributed by atoms with Crippen LogP contribution < -0.4 is 14.8 Å². The third-order valence-corrected chi connectivity index (χ3v) is 2.20. The Hall–Kier alpha value is -1.91. The molecule has 0 aliphatic rings. The van der Waals surface area contributed by atoms with E-state index in [1.54, 1.807) is 32.4 Å². The fraction of sp³-hybridized carbons (Fsp3) is 0.462. The normalized spacial score (nSPS) is 10.1. The highest BCUT2D eigenvalue weighted by Crippen LogP contribution is 2.28. The van der Waals surface area contributed by atoms with Crippen LogP contribution in [0.3, 0.4) is 0 Å². The maximum absolute atomic E-state index is 11.4. The molecule has 0 heterocycles. The minimum Gasteiger partial charge on any atom is -0.497 e. The molecule has 0 aromatic heterocycles. The average molecular weight is 253 g/mol. The van der Waals surface area contributed by atoms with Crippen LogP contribution in [0.1, 0.15) is 13.8 Å². The summed E-state index contributed by atoms with van der Waals surface area (Å²) in [4.78, 5) is 11.4. The molecule has 0 radical (unpaired) electrons. The van der Waals surface area contributed by atoms with E-state index in [2.05, 4.69) is 5.32 Å². The molecule has 1 aromatic carbocycles. The van der Waals surface area contributed by atoms with Crippen molar-refractivity contribution in [1.82, 2.24) is 0 Å². The third-order valence-electron chi connectivity index (χ3n) is 2.20. The zero-order valence-corrected chi connectivity index (χ0v) is 11.1. The number of hydrogen-bond donors (Lipinski definition) is 1. The van der Waals surface area contributed by atoms with Gasteiger partial charge < -0.3 is 19.5 Å². The van der Waals surface area contributed by atoms with Gasteiger partial charge in [-0.05, 0) is 26.0 Å². The number of esters is 1. The van der Waals surface area contributed by atoms with Crippen LogP contribution in [0, 0.1) is 0 Å². The van der Waals surface area contributed by atoms with Gasteiger partial charge in [-0.15, -0.1) is 0 Å². The summed E-state index contributed by atoms with van der Waals surface area (Å²) < 4.78 is 15.3. The summed E-state index contributed by atoms with van der Waals surface area (Å²) in [6.07, 6.45) is -0.114. The van der Waals surface area contributed by atoms with E-state index in [1.165, 1.54) is 0 Å². The molecule has 0 aliphatic carbocycles. The van der Waals surface area contributed by atoms with Gasteiger partial charge in [-0.2, -0.15) is 0 Å². The van der Waals surface area contributed by atoms with Crippen molar-refractivity contribution in [1.29, 1.82) is 0 Å². The van der Waals surface area contributed by atoms with Crippen molar-refractivity contribution in [3.05, 3.63) is 18.2 Å². The van der Waals surface area contributed by atoms with E-state index in [9.17, 15) is 4.79 Å². The minimum atomic E-state index is -0.303. The largest absolute Gasteiger partial charge is 0.497 e. The van der Waals surface area contributed by atoms with Crippen molar-refractivity contribution in [3.63, 3.8) is 0 Å². The lowest BCUT2D eigenvalue weighted by molar-refractivity contribution is -0.145. The molecular weight excluding hydrogens is 234 g/mol. The highest BCUT2D eigenvalue weighted by atomic mass is 16.5. The Kier molecular flexibility index (Phi) is 5.30. The van der Waals surface area contributed by atoms with Crippen LogP contribution >= 0.6 is 0 Å². The number of carbonyl (C=O) groups is 1. The molecular formula is C13H19NO4. The molecule has 0 aliphatic heterocycles. The standard InChI is InChI=1S/C13H19NO4/c1-9(2)18-13(15)8-14-11-6-5-10(16-3)7-12(11)17-4/h5-7,9,14H,8H2,1-4H3. The number of benzene rings is 1. The first kappa shape index (κ1) is 14.2. The molecule has 0 amide bonds. The summed E-state index contributed by atoms with van der Waals surface area (Å²) in [7, 11) is 3.15. The van der Waals surface area contributed by atoms with Crippen LogP contribution in [-0.4, -0.2) is 32.8 Å². The van der Waals surface area contributed by atoms with E-state index in [4.69, 9.17) is 14.2 Å². The zero-order chi connectivity index (χ0) is 13.5. The predicted octanol–water partition coefficient (Wildman–Crippen LogP) is 2.07. The van der Waals surface area contributed by atoms with E-state index in [0.29, 0.717) is 11.5 Å². The molecule has 1 aromatic rings. The van der Waals surface area contributed by atoms with Gasteiger partial charge in [-0.1, -0.05) is 0 Å². The Morgan fingerprint density at radius 1 is 1.28 bits per heavy atom. The monoisotopic (exact) mass is 253 g/mol. The second-order valence-corrected chi connectivity index (χ2v) is 3.96. The number of rotatable bonds is 6. The summed E-state index contributed by atoms with van der Waals surface area (Å²) in [6, 6.07) is 5.33. The highest BCUT2D eigenvalue weighted by Gasteiger charge is 2.08. The number of methoxy groups -OCH3 is 2. The van der Waals surface area contributed by atoms with Crippen LogP contribution in [0.4, 0.5) is 5.69 Å². The van der Waals surface area contributed by atoms with Crippen LogP contribution in [0.15, 0.2) is 18.2 Å². The topological polar surface area (TPSA) is 56.8 Å². The average Bonchev–Trinajstić information content (AvgIpc) is 2.35. The Morgan fingerprint density at radius 3 is 2.56 bits per heavy atom. The lowest BCUT2D eigenvalue weighted by Gasteiger charge is -2.13. The van der Waals surface area contributed by atoms with Crippen molar-refractivity contribution >= 4 is 11.7 Å². The molecule has 0 bridgehead atoms. The van der Waals surface area contributed by atoms with Gasteiger partial charge in [0.25, 0.3) is 0 Å². The summed E-state index contributed by atoms with van der Waals surface area (Å²) in [5, 5.41) is 2.97. The Labute approximate surface area is 107 Å². The first-order valence-corrected chi connectivity index (χ1v) is 5.72. The van der Waals surface area contributed by atoms with E-state index >= 15 is 0 Å². The fourth-order valence-electron chi connectivity index (χ4n) is 1.42. The van der Waals surface area contributed by atoms with Crippen LogP contribution in [0.5, 0.6) is 11.5 Å². The first-order chi connectivity index (χ1) is 8.56. The van der Waals surface area contributed by atoms with Crippen molar-refractivity contribution < 1.29 is 19.0 Å². The molecule has 100 valence electrons. The van der Waals surface area contributed by atoms with Crippen LogP contribution in [0.2, 0.25) is 0 Å². The second kappa shape index (κ2) is 6.74. The molecule has 1 N–H and O–H groups in total. The maximum atomic E-state index is 11.4. The van der Waals surface area contributed by atoms with Gasteiger partial charge in [0.05, 0.1) is 26.0 Å². The molecule has 0 saturated carbocycles. The van der Waals surface area contributed by atoms with E-state index < -0.39 is 0 Å². The van der Waals surface area contributed by atoms with Crippen molar-refractivity contribution in [2.75, 3.05) is 26.1 Å². The van der Waals surface area contributed by atoms with Crippen molar-refractivity contribution in [3.8, 4) is 11.5 Å². The van der Waals surface area contributed by atoms with Crippen molar-refractivity contribution in [2.24, 2.45) is 0 Å². The molecule has 0 saturated heterocycles. The van der Waals surface area contributed by atoms with Gasteiger partial charge in [0, 0.05) is 6.07 Å². The summed E-state index contributed by atoms with van der Waals surface area (Å²) >= 11 is 0. The Bertz CT molecular complexity index is 404. The lowest BCUT2D eigenvalue weighted by atomic mass is 10.2. The van der Waals surface area contributed by atoms with E-state index in [1.807, 2.05) is 13.8 Å². The van der Waals surface area contributed by atoms with Gasteiger partial charge in [0.2, 0.25) is 0 Å². The number of anilines is 1. The SMILES string of the molecule is COc1ccc(NCC(=O)OC(C)C)c(OC)c1. The molecule has 0 atom stereocenters. The van der Waals surface area contributed by atoms with E-state index in [-0.39, 0.29) is 18.6 Å². The van der Waals surface area contributed by atoms with E-state index in [0.717, 1.165) is 5.69 Å². The third kappa shape index (κ3) is 4.16. The van der Waals surface area contributed by atoms with Gasteiger partial charge >= 0.3 is 5.97 Å². The second-order valence-electron chi connectivity index (χ2n) is 3.96. The quantitative estimate of drug-likeness (QED) is 0.786. The number of nitrogens with one attached hydrogen (secondary N) is 1. The molecule has 1 rings (SSSR count). The lowest BCUT2D eigenvalue weighted by Crippen LogP contribution is -2.20. The number of hydrogen-bond acceptors (Lipinski definition) is 5. The van der Waals surface area contributed by atoms with Crippen LogP contribution in [0.25, 0.3) is 0 Å². The zero-order valence-electron chi connectivity index (χ0n) is 11.1. The predicted molar refractivity (Wildman–Crippen MR) is 69.3 cm³/mol. The fourth-order valence-corrected chi connectivity index (χ4v) is 1.42. The van der Waals surface area contributed by atoms with Crippen molar-refractivity contribution in [2.45, 2.75) is 20.0 Å². The van der Waals surface area contributed by atoms with Gasteiger partial charge in [0.1, 0.15) is 18.0 Å². The van der Waals surface area contributed by atoms with Gasteiger partial charge in [-0.25, -0.2) is 0 Å². The Morgan fingerprint density at radius 2 is 2.00 bits per heavy atom. The molecule has 5 nitrogen and oxygen atoms in total. The number of carbonyl (C=O) groups excluding carboxylic acids is 1. The molecule has 0 unspecified atom stereocenters. The van der Waals surface area contributed by atoms with Gasteiger partial charge in [-0.3, -0.25) is 4.79 Å². The number of ether oxygens (including phenoxy) is 3. The summed E-state index contributed by atoms with van der Waals surface area (Å²) in [5.74, 6) is 1.01. The molecule has 0 spiro atoms. The molecule has 18 heavy (non-hydrogen) atoms. The maximum Gasteiger partial charge on any atom is 0.325 e. The van der Waals surface area contributed by atoms with Gasteiger partial charge in [0.15, 0.2) is 0 Å². The summed E-state index contributed by atoms with van der Waals surface area (Å²) in [6.45, 7) is 3.72. The highest BCUT2D eigenvalue weighted by molar-refractivity contribution is 5.76. The molecule has 5 heteroatoms. The Balaban J connectivity index is 2.64. The van der Waals surface area contributed by atoms with Crippen LogP contribution in [-0.2, 0) is 9.53 Å². The minimum absolute atomic E-state index is 0.0981. The first-order valence-electron chi connectivity index (χ1n) is 5.72. The molecule has 0 fully saturated rings. The summed E-state index contributed by atoms with van der Waals surface area (Å²) in [5.41, 5.74) is 0.721.